The summed E-state index contributed by atoms with van der Waals surface area (Å²) in [5, 5.41) is 8.49. The number of fused-ring (bicyclic) bond motifs is 1. The lowest BCUT2D eigenvalue weighted by molar-refractivity contribution is -0.145. The van der Waals surface area contributed by atoms with Gasteiger partial charge >= 0.3 is 6.03 Å². The predicted molar refractivity (Wildman–Crippen MR) is 160 cm³/mol. The van der Waals surface area contributed by atoms with Crippen LogP contribution >= 0.6 is 0 Å². The summed E-state index contributed by atoms with van der Waals surface area (Å²) in [5.74, 6) is -2.90. The standard InChI is InChI=1S/C30H49N5O7S/c1-28(2,3)23(33-27(40)34-30(16-43(6,41)42)12-8-7-9-13-30)26(39)35-15-18-20(29(18,4)5)21(35)25(38)32-19(14-17-10-11-17)22(36)24(31)37/h17-21,23H,7-16H2,1-6H3,(H2,31,37)(H,32,38)(H2,33,34,40)/t18-,19?,20-,21-,23+/m0/s1. The molecule has 4 rings (SSSR count). The Labute approximate surface area is 254 Å². The zero-order valence-electron chi connectivity index (χ0n) is 26.3. The molecule has 1 aliphatic heterocycles. The van der Waals surface area contributed by atoms with Crippen LogP contribution in [0.15, 0.2) is 0 Å². The number of nitrogens with two attached hydrogens (primary N) is 1. The van der Waals surface area contributed by atoms with Gasteiger partial charge in [0.1, 0.15) is 21.9 Å². The van der Waals surface area contributed by atoms with Crippen molar-refractivity contribution < 1.29 is 32.4 Å². The number of rotatable bonds is 11. The number of nitrogens with one attached hydrogen (secondary N) is 3. The van der Waals surface area contributed by atoms with E-state index < -0.39 is 68.5 Å². The van der Waals surface area contributed by atoms with Gasteiger partial charge in [0.15, 0.2) is 0 Å². The van der Waals surface area contributed by atoms with E-state index in [1.807, 2.05) is 34.6 Å². The lowest BCUT2D eigenvalue weighted by Crippen LogP contribution is -2.63. The van der Waals surface area contributed by atoms with Crippen LogP contribution in [0, 0.1) is 28.6 Å². The molecule has 4 aliphatic rings. The third-order valence-corrected chi connectivity index (χ3v) is 11.1. The minimum Gasteiger partial charge on any atom is -0.363 e. The summed E-state index contributed by atoms with van der Waals surface area (Å²) in [6.07, 6.45) is 6.91. The number of primary amides is 1. The number of hydrogen-bond acceptors (Lipinski definition) is 7. The zero-order chi connectivity index (χ0) is 32.1. The van der Waals surface area contributed by atoms with E-state index in [1.54, 1.807) is 0 Å². The Morgan fingerprint density at radius 2 is 1.60 bits per heavy atom. The van der Waals surface area contributed by atoms with Gasteiger partial charge in [0.2, 0.25) is 17.6 Å². The maximum atomic E-state index is 14.2. The van der Waals surface area contributed by atoms with Crippen LogP contribution in [0.4, 0.5) is 4.79 Å². The molecule has 0 aromatic rings. The Morgan fingerprint density at radius 3 is 2.12 bits per heavy atom. The average molecular weight is 624 g/mol. The van der Waals surface area contributed by atoms with Crippen LogP contribution in [0.1, 0.15) is 86.0 Å². The highest BCUT2D eigenvalue weighted by Gasteiger charge is 2.70. The second kappa shape index (κ2) is 11.7. The Balaban J connectivity index is 1.54. The Kier molecular flexibility index (Phi) is 9.01. The highest BCUT2D eigenvalue weighted by molar-refractivity contribution is 7.90. The molecule has 3 aliphatic carbocycles. The SMILES string of the molecule is CC(C)(C)[C@H](NC(=O)NC1(CS(C)(=O)=O)CCCCC1)C(=O)N1C[C@H]2[C@@H]([C@H]1C(=O)NC(CC1CC1)C(=O)C(N)=O)C2(C)C. The number of likely N-dealkylation sites (tertiary alicyclic amines) is 1. The normalized spacial score (nSPS) is 27.3. The van der Waals surface area contributed by atoms with Crippen LogP contribution in [-0.4, -0.2) is 85.1 Å². The molecule has 1 heterocycles. The Bertz CT molecular complexity index is 1260. The van der Waals surface area contributed by atoms with E-state index in [9.17, 15) is 32.4 Å². The summed E-state index contributed by atoms with van der Waals surface area (Å²) in [7, 11) is -3.38. The fourth-order valence-electron chi connectivity index (χ4n) is 7.42. The molecule has 4 fully saturated rings. The average Bonchev–Trinajstić information content (AvgIpc) is 3.72. The summed E-state index contributed by atoms with van der Waals surface area (Å²) in [6.45, 7) is 9.85. The van der Waals surface area contributed by atoms with Gasteiger partial charge in [-0.1, -0.05) is 66.7 Å². The summed E-state index contributed by atoms with van der Waals surface area (Å²) in [4.78, 5) is 67.2. The van der Waals surface area contributed by atoms with E-state index in [2.05, 4.69) is 16.0 Å². The van der Waals surface area contributed by atoms with Crippen molar-refractivity contribution in [3.63, 3.8) is 0 Å². The highest BCUT2D eigenvalue weighted by atomic mass is 32.2. The summed E-state index contributed by atoms with van der Waals surface area (Å²) in [5.41, 5.74) is 3.43. The van der Waals surface area contributed by atoms with E-state index in [0.717, 1.165) is 38.4 Å². The number of Topliss-reactive ketones (excluding diaryl/α,β-unsaturated/α-hetero) is 1. The number of ketones is 1. The number of amides is 5. The third kappa shape index (κ3) is 7.51. The molecule has 5 N–H and O–H groups in total. The number of piperidine rings is 1. The molecule has 43 heavy (non-hydrogen) atoms. The summed E-state index contributed by atoms with van der Waals surface area (Å²) >= 11 is 0. The number of carbonyl (C=O) groups excluding carboxylic acids is 5. The van der Waals surface area contributed by atoms with Gasteiger partial charge in [-0.25, -0.2) is 13.2 Å². The van der Waals surface area contributed by atoms with Crippen LogP contribution in [0.3, 0.4) is 0 Å². The molecule has 0 aromatic heterocycles. The fourth-order valence-corrected chi connectivity index (χ4v) is 8.78. The summed E-state index contributed by atoms with van der Waals surface area (Å²) < 4.78 is 24.5. The van der Waals surface area contributed by atoms with Gasteiger partial charge in [-0.2, -0.15) is 0 Å². The number of nitrogens with zero attached hydrogens (tertiary/aromatic N) is 1. The Morgan fingerprint density at radius 1 is 1.00 bits per heavy atom. The first kappa shape index (κ1) is 33.2. The van der Waals surface area contributed by atoms with Gasteiger partial charge in [-0.05, 0) is 47.8 Å². The lowest BCUT2D eigenvalue weighted by Gasteiger charge is -2.40. The van der Waals surface area contributed by atoms with Crippen molar-refractivity contribution in [2.24, 2.45) is 34.3 Å². The fraction of sp³-hybridized carbons (Fsp3) is 0.833. The second-order valence-electron chi connectivity index (χ2n) is 15.2. The zero-order valence-corrected chi connectivity index (χ0v) is 27.1. The van der Waals surface area contributed by atoms with Crippen molar-refractivity contribution in [1.29, 1.82) is 0 Å². The quantitative estimate of drug-likeness (QED) is 0.250. The topological polar surface area (TPSA) is 185 Å². The van der Waals surface area contributed by atoms with E-state index >= 15 is 0 Å². The maximum absolute atomic E-state index is 14.2. The van der Waals surface area contributed by atoms with Crippen LogP contribution in [0.5, 0.6) is 0 Å². The van der Waals surface area contributed by atoms with Gasteiger partial charge < -0.3 is 26.6 Å². The number of carbonyl (C=O) groups is 5. The number of sulfone groups is 1. The van der Waals surface area contributed by atoms with Crippen LogP contribution in [0.2, 0.25) is 0 Å². The molecule has 0 aromatic carbocycles. The van der Waals surface area contributed by atoms with Gasteiger partial charge in [0.25, 0.3) is 5.91 Å². The van der Waals surface area contributed by atoms with Crippen molar-refractivity contribution in [1.82, 2.24) is 20.9 Å². The molecule has 0 radical (unpaired) electrons. The van der Waals surface area contributed by atoms with Crippen molar-refractivity contribution in [2.75, 3.05) is 18.6 Å². The van der Waals surface area contributed by atoms with Crippen molar-refractivity contribution in [2.45, 2.75) is 110 Å². The summed E-state index contributed by atoms with van der Waals surface area (Å²) in [6, 6.07) is -3.56. The maximum Gasteiger partial charge on any atom is 0.315 e. The molecule has 5 atom stereocenters. The van der Waals surface area contributed by atoms with Crippen molar-refractivity contribution >= 4 is 39.4 Å². The predicted octanol–water partition coefficient (Wildman–Crippen LogP) is 1.27. The molecule has 242 valence electrons. The molecule has 3 saturated carbocycles. The monoisotopic (exact) mass is 623 g/mol. The van der Waals surface area contributed by atoms with Gasteiger partial charge in [-0.15, -0.1) is 0 Å². The van der Waals surface area contributed by atoms with E-state index in [0.29, 0.717) is 25.8 Å². The van der Waals surface area contributed by atoms with Gasteiger partial charge in [0.05, 0.1) is 17.3 Å². The van der Waals surface area contributed by atoms with E-state index in [4.69, 9.17) is 5.73 Å². The molecule has 0 bridgehead atoms. The second-order valence-corrected chi connectivity index (χ2v) is 17.3. The van der Waals surface area contributed by atoms with E-state index in [-0.39, 0.29) is 28.9 Å². The number of hydrogen-bond donors (Lipinski definition) is 4. The smallest absolute Gasteiger partial charge is 0.315 e. The largest absolute Gasteiger partial charge is 0.363 e. The molecule has 1 unspecified atom stereocenters. The van der Waals surface area contributed by atoms with Crippen LogP contribution < -0.4 is 21.7 Å². The van der Waals surface area contributed by atoms with Gasteiger partial charge in [0, 0.05) is 12.8 Å². The highest BCUT2D eigenvalue weighted by Crippen LogP contribution is 2.65. The molecule has 0 spiro atoms. The van der Waals surface area contributed by atoms with Gasteiger partial charge in [-0.3, -0.25) is 19.2 Å². The number of urea groups is 1. The third-order valence-electron chi connectivity index (χ3n) is 10.0. The van der Waals surface area contributed by atoms with Crippen LogP contribution in [-0.2, 0) is 29.0 Å². The molecular weight excluding hydrogens is 574 g/mol. The molecular formula is C30H49N5O7S. The molecule has 5 amide bonds. The minimum atomic E-state index is -3.38. The first-order valence-electron chi connectivity index (χ1n) is 15.5. The molecule has 13 heteroatoms. The van der Waals surface area contributed by atoms with E-state index in [1.165, 1.54) is 4.90 Å². The lowest BCUT2D eigenvalue weighted by atomic mass is 9.83. The minimum absolute atomic E-state index is 0.0654. The van der Waals surface area contributed by atoms with Crippen molar-refractivity contribution in [3.8, 4) is 0 Å². The van der Waals surface area contributed by atoms with Crippen LogP contribution in [0.25, 0.3) is 0 Å². The van der Waals surface area contributed by atoms with Crippen molar-refractivity contribution in [3.05, 3.63) is 0 Å². The molecule has 1 saturated heterocycles. The molecule has 12 nitrogen and oxygen atoms in total. The Hall–Kier alpha value is -2.70. The first-order chi connectivity index (χ1) is 19.8. The first-order valence-corrected chi connectivity index (χ1v) is 17.5.